The number of amides is 2. The highest BCUT2D eigenvalue weighted by Gasteiger charge is 2.06. The molecule has 0 aliphatic heterocycles. The number of carbonyl (C=O) groups excluding carboxylic acids is 2. The van der Waals surface area contributed by atoms with Crippen molar-refractivity contribution in [1.29, 1.82) is 0 Å². The second-order valence-corrected chi connectivity index (χ2v) is 6.57. The van der Waals surface area contributed by atoms with E-state index in [1.807, 2.05) is 24.3 Å². The quantitative estimate of drug-likeness (QED) is 0.583. The lowest BCUT2D eigenvalue weighted by molar-refractivity contribution is -0.111. The van der Waals surface area contributed by atoms with E-state index in [0.29, 0.717) is 16.9 Å². The molecule has 2 aromatic carbocycles. The molecule has 0 aliphatic rings. The van der Waals surface area contributed by atoms with Crippen LogP contribution in [0.25, 0.3) is 6.08 Å². The third-order valence-electron chi connectivity index (χ3n) is 3.61. The minimum absolute atomic E-state index is 0.234. The number of aromatic nitrogens is 1. The minimum Gasteiger partial charge on any atom is -0.323 e. The highest BCUT2D eigenvalue weighted by Crippen LogP contribution is 2.15. The molecule has 6 heteroatoms. The fraction of sp³-hybridized carbons (Fsp3) is 0. The SMILES string of the molecule is O=C(/C=C/c1cccc(Br)c1)Nc1ccc(NC(=O)c2cccnc2)cc1. The van der Waals surface area contributed by atoms with Crippen LogP contribution in [0.3, 0.4) is 0 Å². The molecule has 1 heterocycles. The molecule has 2 N–H and O–H groups in total. The van der Waals surface area contributed by atoms with Crippen LogP contribution < -0.4 is 10.6 Å². The van der Waals surface area contributed by atoms with Gasteiger partial charge in [-0.2, -0.15) is 0 Å². The summed E-state index contributed by atoms with van der Waals surface area (Å²) in [7, 11) is 0. The van der Waals surface area contributed by atoms with Gasteiger partial charge in [0.15, 0.2) is 0 Å². The number of carbonyl (C=O) groups is 2. The average Bonchev–Trinajstić information content (AvgIpc) is 2.69. The number of anilines is 2. The topological polar surface area (TPSA) is 71.1 Å². The zero-order chi connectivity index (χ0) is 19.1. The predicted octanol–water partition coefficient (Wildman–Crippen LogP) is 4.75. The molecule has 0 unspecified atom stereocenters. The number of hydrogen-bond acceptors (Lipinski definition) is 3. The van der Waals surface area contributed by atoms with Gasteiger partial charge in [-0.05, 0) is 60.2 Å². The molecular weight excluding hydrogens is 406 g/mol. The molecule has 5 nitrogen and oxygen atoms in total. The van der Waals surface area contributed by atoms with Crippen LogP contribution in [0.2, 0.25) is 0 Å². The van der Waals surface area contributed by atoms with Gasteiger partial charge in [-0.15, -0.1) is 0 Å². The van der Waals surface area contributed by atoms with Gasteiger partial charge in [0.05, 0.1) is 5.56 Å². The van der Waals surface area contributed by atoms with Crippen LogP contribution in [-0.4, -0.2) is 16.8 Å². The Kier molecular flexibility index (Phi) is 6.12. The van der Waals surface area contributed by atoms with Gasteiger partial charge in [0, 0.05) is 34.3 Å². The maximum Gasteiger partial charge on any atom is 0.257 e. The second kappa shape index (κ2) is 8.91. The Morgan fingerprint density at radius 2 is 1.67 bits per heavy atom. The van der Waals surface area contributed by atoms with E-state index in [1.165, 1.54) is 12.3 Å². The number of halogens is 1. The van der Waals surface area contributed by atoms with Crippen LogP contribution in [0, 0.1) is 0 Å². The molecule has 0 fully saturated rings. The lowest BCUT2D eigenvalue weighted by atomic mass is 10.2. The van der Waals surface area contributed by atoms with Crippen LogP contribution in [0.5, 0.6) is 0 Å². The van der Waals surface area contributed by atoms with Crippen molar-refractivity contribution in [2.75, 3.05) is 10.6 Å². The van der Waals surface area contributed by atoms with Gasteiger partial charge in [0.2, 0.25) is 5.91 Å². The summed E-state index contributed by atoms with van der Waals surface area (Å²) in [6.45, 7) is 0. The smallest absolute Gasteiger partial charge is 0.257 e. The van der Waals surface area contributed by atoms with Crippen molar-refractivity contribution in [3.8, 4) is 0 Å². The Morgan fingerprint density at radius 1 is 0.926 bits per heavy atom. The van der Waals surface area contributed by atoms with E-state index < -0.39 is 0 Å². The number of hydrogen-bond donors (Lipinski definition) is 2. The summed E-state index contributed by atoms with van der Waals surface area (Å²) in [5, 5.41) is 5.56. The summed E-state index contributed by atoms with van der Waals surface area (Å²) in [6.07, 6.45) is 6.32. The first-order valence-corrected chi connectivity index (χ1v) is 8.95. The number of nitrogens with zero attached hydrogens (tertiary/aromatic N) is 1. The van der Waals surface area contributed by atoms with Crippen molar-refractivity contribution in [1.82, 2.24) is 4.98 Å². The summed E-state index contributed by atoms with van der Waals surface area (Å²) >= 11 is 3.39. The molecule has 3 rings (SSSR count). The number of benzene rings is 2. The van der Waals surface area contributed by atoms with Crippen molar-refractivity contribution in [2.24, 2.45) is 0 Å². The van der Waals surface area contributed by atoms with Crippen LogP contribution in [-0.2, 0) is 4.79 Å². The Hall–Kier alpha value is -3.25. The molecule has 134 valence electrons. The number of nitrogens with one attached hydrogen (secondary N) is 2. The van der Waals surface area contributed by atoms with E-state index in [9.17, 15) is 9.59 Å². The summed E-state index contributed by atoms with van der Waals surface area (Å²) < 4.78 is 0.953. The first-order valence-electron chi connectivity index (χ1n) is 8.16. The van der Waals surface area contributed by atoms with Crippen molar-refractivity contribution in [3.63, 3.8) is 0 Å². The predicted molar refractivity (Wildman–Crippen MR) is 110 cm³/mol. The van der Waals surface area contributed by atoms with Gasteiger partial charge >= 0.3 is 0 Å². The molecular formula is C21H16BrN3O2. The molecule has 0 saturated carbocycles. The van der Waals surface area contributed by atoms with E-state index in [2.05, 4.69) is 31.5 Å². The summed E-state index contributed by atoms with van der Waals surface area (Å²) in [6, 6.07) is 17.9. The van der Waals surface area contributed by atoms with Gasteiger partial charge in [0.1, 0.15) is 0 Å². The molecule has 0 spiro atoms. The Labute approximate surface area is 165 Å². The molecule has 2 amide bonds. The monoisotopic (exact) mass is 421 g/mol. The Morgan fingerprint density at radius 3 is 2.33 bits per heavy atom. The van der Waals surface area contributed by atoms with E-state index in [1.54, 1.807) is 48.7 Å². The van der Waals surface area contributed by atoms with E-state index in [4.69, 9.17) is 0 Å². The fourth-order valence-electron chi connectivity index (χ4n) is 2.30. The zero-order valence-corrected chi connectivity index (χ0v) is 15.8. The largest absolute Gasteiger partial charge is 0.323 e. The van der Waals surface area contributed by atoms with Crippen molar-refractivity contribution >= 4 is 45.2 Å². The standard InChI is InChI=1S/C21H16BrN3O2/c22-17-5-1-3-15(13-17)6-11-20(26)24-18-7-9-19(10-8-18)25-21(27)16-4-2-12-23-14-16/h1-14H,(H,24,26)(H,25,27)/b11-6+. The molecule has 0 radical (unpaired) electrons. The summed E-state index contributed by atoms with van der Waals surface area (Å²) in [5.74, 6) is -0.473. The Bertz CT molecular complexity index is 970. The van der Waals surface area contributed by atoms with Crippen LogP contribution >= 0.6 is 15.9 Å². The lowest BCUT2D eigenvalue weighted by Gasteiger charge is -2.07. The highest BCUT2D eigenvalue weighted by molar-refractivity contribution is 9.10. The lowest BCUT2D eigenvalue weighted by Crippen LogP contribution is -2.12. The second-order valence-electron chi connectivity index (χ2n) is 5.65. The molecule has 0 saturated heterocycles. The molecule has 0 aliphatic carbocycles. The first-order chi connectivity index (χ1) is 13.1. The molecule has 0 atom stereocenters. The van der Waals surface area contributed by atoms with Gasteiger partial charge in [0.25, 0.3) is 5.91 Å². The number of pyridine rings is 1. The van der Waals surface area contributed by atoms with Gasteiger partial charge in [-0.3, -0.25) is 14.6 Å². The van der Waals surface area contributed by atoms with Gasteiger partial charge in [-0.25, -0.2) is 0 Å². The molecule has 0 bridgehead atoms. The van der Waals surface area contributed by atoms with Crippen LogP contribution in [0.1, 0.15) is 15.9 Å². The zero-order valence-electron chi connectivity index (χ0n) is 14.2. The van der Waals surface area contributed by atoms with E-state index >= 15 is 0 Å². The van der Waals surface area contributed by atoms with Crippen molar-refractivity contribution in [3.05, 3.63) is 94.7 Å². The summed E-state index contributed by atoms with van der Waals surface area (Å²) in [5.41, 5.74) is 2.67. The van der Waals surface area contributed by atoms with Crippen molar-refractivity contribution in [2.45, 2.75) is 0 Å². The third-order valence-corrected chi connectivity index (χ3v) is 4.10. The van der Waals surface area contributed by atoms with E-state index in [-0.39, 0.29) is 11.8 Å². The third kappa shape index (κ3) is 5.62. The average molecular weight is 422 g/mol. The Balaban J connectivity index is 1.57. The van der Waals surface area contributed by atoms with Gasteiger partial charge in [-0.1, -0.05) is 28.1 Å². The normalized spacial score (nSPS) is 10.6. The molecule has 3 aromatic rings. The first kappa shape index (κ1) is 18.5. The number of rotatable bonds is 5. The molecule has 27 heavy (non-hydrogen) atoms. The van der Waals surface area contributed by atoms with Crippen LogP contribution in [0.15, 0.2) is 83.6 Å². The van der Waals surface area contributed by atoms with Crippen LogP contribution in [0.4, 0.5) is 11.4 Å². The fourth-order valence-corrected chi connectivity index (χ4v) is 2.72. The van der Waals surface area contributed by atoms with Crippen molar-refractivity contribution < 1.29 is 9.59 Å². The minimum atomic E-state index is -0.239. The highest BCUT2D eigenvalue weighted by atomic mass is 79.9. The maximum absolute atomic E-state index is 12.1. The van der Waals surface area contributed by atoms with E-state index in [0.717, 1.165) is 10.0 Å². The van der Waals surface area contributed by atoms with Gasteiger partial charge < -0.3 is 10.6 Å². The maximum atomic E-state index is 12.1. The summed E-state index contributed by atoms with van der Waals surface area (Å²) in [4.78, 5) is 28.0. The molecule has 1 aromatic heterocycles.